The Morgan fingerprint density at radius 1 is 1.32 bits per heavy atom. The number of hydrogen-bond donors (Lipinski definition) is 2. The molecule has 3 unspecified atom stereocenters. The van der Waals surface area contributed by atoms with Crippen LogP contribution in [-0.4, -0.2) is 37.7 Å². The van der Waals surface area contributed by atoms with Crippen molar-refractivity contribution in [2.24, 2.45) is 11.8 Å². The number of fused-ring (bicyclic) bond motifs is 2. The zero-order chi connectivity index (χ0) is 13.8. The van der Waals surface area contributed by atoms with Crippen molar-refractivity contribution >= 4 is 5.91 Å². The van der Waals surface area contributed by atoms with Crippen molar-refractivity contribution in [3.63, 3.8) is 0 Å². The third-order valence-electron chi connectivity index (χ3n) is 4.54. The largest absolute Gasteiger partial charge is 0.383 e. The Bertz CT molecular complexity index is 295. The molecule has 2 heterocycles. The molecule has 2 aliphatic rings. The maximum Gasteiger partial charge on any atom is 0.220 e. The number of hydrogen-bond acceptors (Lipinski definition) is 3. The van der Waals surface area contributed by atoms with E-state index in [4.69, 9.17) is 4.74 Å². The van der Waals surface area contributed by atoms with E-state index in [1.54, 1.807) is 7.11 Å². The number of nitrogens with one attached hydrogen (secondary N) is 2. The number of rotatable bonds is 6. The molecule has 0 saturated carbocycles. The quantitative estimate of drug-likeness (QED) is 0.771. The first kappa shape index (κ1) is 14.8. The van der Waals surface area contributed by atoms with E-state index in [1.807, 2.05) is 0 Å². The van der Waals surface area contributed by atoms with Gasteiger partial charge in [0.05, 0.1) is 12.6 Å². The maximum atomic E-state index is 12.1. The molecule has 110 valence electrons. The van der Waals surface area contributed by atoms with Crippen molar-refractivity contribution in [2.75, 3.05) is 13.7 Å². The summed E-state index contributed by atoms with van der Waals surface area (Å²) in [5.74, 6) is 1.17. The van der Waals surface area contributed by atoms with E-state index in [-0.39, 0.29) is 11.9 Å². The number of piperidine rings is 1. The molecule has 0 radical (unpaired) electrons. The summed E-state index contributed by atoms with van der Waals surface area (Å²) in [4.78, 5) is 12.1. The molecule has 4 heteroatoms. The number of methoxy groups -OCH3 is 1. The second-order valence-corrected chi connectivity index (χ2v) is 6.55. The Hall–Kier alpha value is -0.610. The monoisotopic (exact) mass is 268 g/mol. The Balaban J connectivity index is 1.77. The highest BCUT2D eigenvalue weighted by atomic mass is 16.5. The van der Waals surface area contributed by atoms with E-state index in [0.717, 1.165) is 0 Å². The van der Waals surface area contributed by atoms with Gasteiger partial charge >= 0.3 is 0 Å². The van der Waals surface area contributed by atoms with Crippen molar-refractivity contribution in [3.05, 3.63) is 0 Å². The van der Waals surface area contributed by atoms with Gasteiger partial charge in [-0.1, -0.05) is 13.8 Å². The number of amides is 1. The van der Waals surface area contributed by atoms with Gasteiger partial charge < -0.3 is 15.4 Å². The van der Waals surface area contributed by atoms with Crippen LogP contribution < -0.4 is 10.6 Å². The number of ether oxygens (including phenoxy) is 1. The van der Waals surface area contributed by atoms with Gasteiger partial charge in [-0.2, -0.15) is 0 Å². The fraction of sp³-hybridized carbons (Fsp3) is 0.933. The van der Waals surface area contributed by atoms with E-state index < -0.39 is 0 Å². The highest BCUT2D eigenvalue weighted by Crippen LogP contribution is 2.32. The summed E-state index contributed by atoms with van der Waals surface area (Å²) < 4.78 is 5.18. The van der Waals surface area contributed by atoms with Crippen LogP contribution in [0, 0.1) is 11.8 Å². The molecule has 2 saturated heterocycles. The van der Waals surface area contributed by atoms with Crippen LogP contribution in [0.3, 0.4) is 0 Å². The summed E-state index contributed by atoms with van der Waals surface area (Å²) in [6.45, 7) is 4.84. The summed E-state index contributed by atoms with van der Waals surface area (Å²) in [6.07, 6.45) is 5.60. The molecule has 0 aromatic carbocycles. The molecule has 3 atom stereocenters. The molecule has 19 heavy (non-hydrogen) atoms. The van der Waals surface area contributed by atoms with Gasteiger partial charge in [0.15, 0.2) is 0 Å². The number of carbonyl (C=O) groups excluding carboxylic acids is 1. The topological polar surface area (TPSA) is 50.4 Å². The lowest BCUT2D eigenvalue weighted by Crippen LogP contribution is -2.44. The van der Waals surface area contributed by atoms with Crippen molar-refractivity contribution < 1.29 is 9.53 Å². The molecule has 2 N–H and O–H groups in total. The van der Waals surface area contributed by atoms with Crippen molar-refractivity contribution in [1.82, 2.24) is 10.6 Å². The highest BCUT2D eigenvalue weighted by Gasteiger charge is 2.34. The summed E-state index contributed by atoms with van der Waals surface area (Å²) in [6, 6.07) is 1.46. The Kier molecular flexibility index (Phi) is 5.22. The van der Waals surface area contributed by atoms with E-state index >= 15 is 0 Å². The van der Waals surface area contributed by atoms with Gasteiger partial charge in [0.25, 0.3) is 0 Å². The Morgan fingerprint density at radius 3 is 2.47 bits per heavy atom. The Labute approximate surface area is 116 Å². The minimum absolute atomic E-state index is 0.135. The lowest BCUT2D eigenvalue weighted by molar-refractivity contribution is -0.123. The van der Waals surface area contributed by atoms with Crippen LogP contribution in [0.15, 0.2) is 0 Å². The molecule has 0 aliphatic carbocycles. The Morgan fingerprint density at radius 2 is 1.95 bits per heavy atom. The zero-order valence-electron chi connectivity index (χ0n) is 12.4. The first-order valence-corrected chi connectivity index (χ1v) is 7.62. The minimum atomic E-state index is 0.135. The third-order valence-corrected chi connectivity index (χ3v) is 4.54. The van der Waals surface area contributed by atoms with Gasteiger partial charge in [-0.3, -0.25) is 4.79 Å². The second-order valence-electron chi connectivity index (χ2n) is 6.55. The molecule has 0 aromatic rings. The molecule has 2 rings (SSSR count). The van der Waals surface area contributed by atoms with Gasteiger partial charge in [-0.25, -0.2) is 0 Å². The van der Waals surface area contributed by atoms with Crippen molar-refractivity contribution in [2.45, 2.75) is 64.1 Å². The lowest BCUT2D eigenvalue weighted by atomic mass is 9.89. The first-order chi connectivity index (χ1) is 9.08. The molecule has 0 spiro atoms. The normalized spacial score (nSPS) is 31.5. The van der Waals surface area contributed by atoms with E-state index in [0.29, 0.717) is 36.9 Å². The lowest BCUT2D eigenvalue weighted by Gasteiger charge is -2.29. The standard InChI is InChI=1S/C15H28N2O2/c1-10(2)14(9-19-3)17-15(18)8-11-6-12-4-5-13(7-11)16-12/h10-14,16H,4-9H2,1-3H3,(H,17,18). The van der Waals surface area contributed by atoms with Gasteiger partial charge in [-0.15, -0.1) is 0 Å². The average Bonchev–Trinajstić information content (AvgIpc) is 2.68. The smallest absolute Gasteiger partial charge is 0.220 e. The van der Waals surface area contributed by atoms with Crippen LogP contribution in [0.25, 0.3) is 0 Å². The van der Waals surface area contributed by atoms with Gasteiger partial charge in [0.2, 0.25) is 5.91 Å². The summed E-state index contributed by atoms with van der Waals surface area (Å²) >= 11 is 0. The summed E-state index contributed by atoms with van der Waals surface area (Å²) in [5, 5.41) is 6.75. The van der Waals surface area contributed by atoms with Crippen LogP contribution in [0.4, 0.5) is 0 Å². The fourth-order valence-corrected chi connectivity index (χ4v) is 3.45. The van der Waals surface area contributed by atoms with Crippen LogP contribution in [0.5, 0.6) is 0 Å². The molecule has 0 aromatic heterocycles. The molecule has 4 nitrogen and oxygen atoms in total. The molecule has 1 amide bonds. The highest BCUT2D eigenvalue weighted by molar-refractivity contribution is 5.76. The predicted octanol–water partition coefficient (Wildman–Crippen LogP) is 1.69. The summed E-state index contributed by atoms with van der Waals surface area (Å²) in [7, 11) is 1.69. The van der Waals surface area contributed by atoms with Gasteiger partial charge in [-0.05, 0) is 37.5 Å². The van der Waals surface area contributed by atoms with Crippen LogP contribution >= 0.6 is 0 Å². The van der Waals surface area contributed by atoms with Crippen LogP contribution in [-0.2, 0) is 9.53 Å². The molecular formula is C15H28N2O2. The van der Waals surface area contributed by atoms with Gasteiger partial charge in [0.1, 0.15) is 0 Å². The van der Waals surface area contributed by atoms with E-state index in [1.165, 1.54) is 25.7 Å². The molecular weight excluding hydrogens is 240 g/mol. The first-order valence-electron chi connectivity index (χ1n) is 7.62. The second kappa shape index (κ2) is 6.71. The van der Waals surface area contributed by atoms with Crippen LogP contribution in [0.1, 0.15) is 46.0 Å². The SMILES string of the molecule is COCC(NC(=O)CC1CC2CCC(C1)N2)C(C)C. The van der Waals surface area contributed by atoms with Crippen molar-refractivity contribution in [3.8, 4) is 0 Å². The van der Waals surface area contributed by atoms with Gasteiger partial charge in [0, 0.05) is 25.6 Å². The van der Waals surface area contributed by atoms with E-state index in [2.05, 4.69) is 24.5 Å². The fourth-order valence-electron chi connectivity index (χ4n) is 3.45. The van der Waals surface area contributed by atoms with Crippen molar-refractivity contribution in [1.29, 1.82) is 0 Å². The predicted molar refractivity (Wildman–Crippen MR) is 75.9 cm³/mol. The van der Waals surface area contributed by atoms with E-state index in [9.17, 15) is 4.79 Å². The minimum Gasteiger partial charge on any atom is -0.383 e. The number of carbonyl (C=O) groups is 1. The maximum absolute atomic E-state index is 12.1. The zero-order valence-corrected chi connectivity index (χ0v) is 12.4. The molecule has 2 fully saturated rings. The van der Waals surface area contributed by atoms with Crippen LogP contribution in [0.2, 0.25) is 0 Å². The average molecular weight is 268 g/mol. The molecule has 2 bridgehead atoms. The third kappa shape index (κ3) is 4.18. The molecule has 2 aliphatic heterocycles. The summed E-state index contributed by atoms with van der Waals surface area (Å²) in [5.41, 5.74) is 0.